The first-order chi connectivity index (χ1) is 22.5. The quantitative estimate of drug-likeness (QED) is 0.0388. The molecule has 1 fully saturated rings. The second-order valence-corrected chi connectivity index (χ2v) is 12.9. The highest BCUT2D eigenvalue weighted by molar-refractivity contribution is 5.70. The summed E-state index contributed by atoms with van der Waals surface area (Å²) >= 11 is 0. The Morgan fingerprint density at radius 2 is 1.53 bits per heavy atom. The number of unbranched alkanes of at least 4 members (excludes halogenated alkanes) is 16. The lowest BCUT2D eigenvalue weighted by molar-refractivity contribution is -0.0274. The number of aliphatic hydroxyl groups excluding tert-OH is 1. The van der Waals surface area contributed by atoms with Crippen molar-refractivity contribution in [3.8, 4) is 12.3 Å². The lowest BCUT2D eigenvalue weighted by Gasteiger charge is -2.19. The van der Waals surface area contributed by atoms with E-state index in [4.69, 9.17) is 27.1 Å². The Bertz CT molecular complexity index is 994. The fourth-order valence-corrected chi connectivity index (χ4v) is 5.13. The zero-order valence-electron chi connectivity index (χ0n) is 30.1. The van der Waals surface area contributed by atoms with Gasteiger partial charge in [-0.05, 0) is 39.0 Å². The van der Waals surface area contributed by atoms with Crippen molar-refractivity contribution in [1.82, 2.24) is 9.97 Å². The maximum atomic E-state index is 12.7. The van der Waals surface area contributed by atoms with Crippen LogP contribution in [-0.2, 0) is 9.47 Å². The molecule has 0 amide bonds. The number of nitrogen functional groups attached to an aromatic ring is 1. The molecule has 2 heterocycles. The number of nitrogens with zero attached hydrogens (tertiary/aromatic N) is 3. The molecule has 10 heteroatoms. The van der Waals surface area contributed by atoms with Crippen LogP contribution >= 0.6 is 0 Å². The molecule has 2 rings (SSSR count). The fourth-order valence-electron chi connectivity index (χ4n) is 5.13. The molecule has 0 bridgehead atoms. The number of halogens is 1. The van der Waals surface area contributed by atoms with E-state index in [2.05, 4.69) is 32.5 Å². The number of nitrogens with two attached hydrogens (primary N) is 1. The van der Waals surface area contributed by atoms with Crippen molar-refractivity contribution in [3.63, 3.8) is 0 Å². The largest absolute Gasteiger partial charge is 0.505 e. The van der Waals surface area contributed by atoms with Crippen molar-refractivity contribution in [2.75, 3.05) is 18.9 Å². The Morgan fingerprint density at radius 1 is 1.04 bits per heavy atom. The van der Waals surface area contributed by atoms with E-state index in [0.717, 1.165) is 25.7 Å². The third-order valence-corrected chi connectivity index (χ3v) is 7.93. The average Bonchev–Trinajstić information content (AvgIpc) is 3.41. The topological polar surface area (TPSA) is 140 Å². The molecule has 4 N–H and O–H groups in total. The minimum atomic E-state index is -1.15. The summed E-state index contributed by atoms with van der Waals surface area (Å²) in [6, 6.07) is 0. The summed E-state index contributed by atoms with van der Waals surface area (Å²) in [6.07, 6.45) is 29.6. The van der Waals surface area contributed by atoms with E-state index in [0.29, 0.717) is 23.9 Å². The number of rotatable bonds is 21. The van der Waals surface area contributed by atoms with Crippen LogP contribution in [0.5, 0.6) is 0 Å². The minimum Gasteiger partial charge on any atom is -0.450 e. The van der Waals surface area contributed by atoms with Crippen LogP contribution in [0, 0.1) is 31.3 Å². The summed E-state index contributed by atoms with van der Waals surface area (Å²) in [5.74, 6) is 2.87. The van der Waals surface area contributed by atoms with Crippen LogP contribution in [0.2, 0.25) is 0 Å². The van der Waals surface area contributed by atoms with Gasteiger partial charge < -0.3 is 25.4 Å². The molecule has 0 saturated carbocycles. The average molecular weight is 665 g/mol. The second-order valence-electron chi connectivity index (χ2n) is 12.9. The maximum absolute atomic E-state index is 12.7. The molecule has 0 spiro atoms. The van der Waals surface area contributed by atoms with Crippen molar-refractivity contribution < 1.29 is 28.9 Å². The molecule has 9 nitrogen and oxygen atoms in total. The summed E-state index contributed by atoms with van der Waals surface area (Å²) in [7, 11) is 0. The number of hydrogen-bond acceptors (Lipinski definition) is 8. The molecule has 1 aliphatic heterocycles. The Hall–Kier alpha value is -2.77. The van der Waals surface area contributed by atoms with E-state index in [-0.39, 0.29) is 18.5 Å². The highest BCUT2D eigenvalue weighted by Gasteiger charge is 2.35. The van der Waals surface area contributed by atoms with Crippen LogP contribution in [0.15, 0.2) is 4.99 Å². The summed E-state index contributed by atoms with van der Waals surface area (Å²) in [6.45, 7) is 10.2. The highest BCUT2D eigenvalue weighted by atomic mass is 19.1. The zero-order valence-corrected chi connectivity index (χ0v) is 30.1. The molecular formula is C37H65FN4O5. The van der Waals surface area contributed by atoms with Gasteiger partial charge in [0.05, 0.1) is 25.0 Å². The highest BCUT2D eigenvalue weighted by Crippen LogP contribution is 2.28. The molecule has 2 unspecified atom stereocenters. The smallest absolute Gasteiger partial charge is 0.450 e. The van der Waals surface area contributed by atoms with Gasteiger partial charge >= 0.3 is 12.2 Å². The third-order valence-electron chi connectivity index (χ3n) is 7.93. The van der Waals surface area contributed by atoms with Gasteiger partial charge in [-0.3, -0.25) is 4.99 Å². The van der Waals surface area contributed by atoms with E-state index < -0.39 is 17.8 Å². The van der Waals surface area contributed by atoms with E-state index in [9.17, 15) is 9.18 Å². The molecule has 1 saturated heterocycles. The van der Waals surface area contributed by atoms with E-state index >= 15 is 0 Å². The monoisotopic (exact) mass is 664 g/mol. The molecule has 0 aromatic carbocycles. The Balaban J connectivity index is 0.000000741. The van der Waals surface area contributed by atoms with Gasteiger partial charge in [0.2, 0.25) is 0 Å². The first kappa shape index (κ1) is 44.2. The second kappa shape index (κ2) is 28.3. The van der Waals surface area contributed by atoms with Gasteiger partial charge in [0, 0.05) is 6.21 Å². The van der Waals surface area contributed by atoms with Gasteiger partial charge in [-0.2, -0.15) is 9.37 Å². The molecule has 0 aliphatic carbocycles. The summed E-state index contributed by atoms with van der Waals surface area (Å²) in [4.78, 5) is 21.2. The zero-order chi connectivity index (χ0) is 35.3. The molecular weight excluding hydrogens is 599 g/mol. The van der Waals surface area contributed by atoms with Crippen molar-refractivity contribution in [2.24, 2.45) is 10.9 Å². The summed E-state index contributed by atoms with van der Waals surface area (Å²) < 4.78 is 22.5. The first-order valence-electron chi connectivity index (χ1n) is 18.0. The van der Waals surface area contributed by atoms with Crippen molar-refractivity contribution in [1.29, 1.82) is 0 Å². The number of carboxylic acid groups (broad SMARTS) is 1. The number of aliphatic hydroxyl groups is 1. The third kappa shape index (κ3) is 24.1. The molecule has 0 radical (unpaired) electrons. The van der Waals surface area contributed by atoms with E-state index in [1.54, 1.807) is 13.1 Å². The van der Waals surface area contributed by atoms with E-state index in [1.165, 1.54) is 96.3 Å². The lowest BCUT2D eigenvalue weighted by Crippen LogP contribution is -2.31. The summed E-state index contributed by atoms with van der Waals surface area (Å²) in [5.41, 5.74) is 5.73. The van der Waals surface area contributed by atoms with Crippen molar-refractivity contribution in [3.05, 3.63) is 11.8 Å². The number of ether oxygens (including phenoxy) is 2. The van der Waals surface area contributed by atoms with Gasteiger partial charge in [0.25, 0.3) is 0 Å². The van der Waals surface area contributed by atoms with Gasteiger partial charge in [-0.1, -0.05) is 129 Å². The number of carbonyl (C=O) groups is 1. The Morgan fingerprint density at radius 3 is 1.87 bits per heavy atom. The predicted molar refractivity (Wildman–Crippen MR) is 191 cm³/mol. The van der Waals surface area contributed by atoms with Crippen LogP contribution in [-0.4, -0.2) is 57.5 Å². The molecule has 1 aromatic heterocycles. The molecule has 1 aromatic rings. The van der Waals surface area contributed by atoms with Crippen LogP contribution in [0.4, 0.5) is 20.7 Å². The molecule has 1 aliphatic rings. The number of terminal acetylenes is 1. The lowest BCUT2D eigenvalue weighted by atomic mass is 10.0. The van der Waals surface area contributed by atoms with Crippen LogP contribution in [0.25, 0.3) is 0 Å². The van der Waals surface area contributed by atoms with Gasteiger partial charge in [-0.15, -0.1) is 6.42 Å². The van der Waals surface area contributed by atoms with Crippen molar-refractivity contribution in [2.45, 2.75) is 168 Å². The number of anilines is 1. The van der Waals surface area contributed by atoms with E-state index in [1.807, 2.05) is 20.8 Å². The number of aromatic nitrogens is 2. The van der Waals surface area contributed by atoms with Gasteiger partial charge in [0.1, 0.15) is 5.69 Å². The minimum absolute atomic E-state index is 0.0617. The van der Waals surface area contributed by atoms with Crippen LogP contribution in [0.3, 0.4) is 0 Å². The number of aliphatic imine (C=N–C) groups is 1. The molecule has 2 atom stereocenters. The predicted octanol–water partition coefficient (Wildman–Crippen LogP) is 9.75. The first-order valence-corrected chi connectivity index (χ1v) is 18.0. The molecule has 47 heavy (non-hydrogen) atoms. The van der Waals surface area contributed by atoms with Crippen molar-refractivity contribution >= 4 is 23.9 Å². The van der Waals surface area contributed by atoms with Gasteiger partial charge in [0.15, 0.2) is 11.4 Å². The number of hydrogen-bond donors (Lipinski definition) is 3. The Kier molecular flexibility index (Phi) is 26.6. The fraction of sp³-hybridized carbons (Fsp3) is 0.784. The number of aryl methyl sites for hydroxylation is 1. The SMILES string of the molecule is C#CC1(CO)CCC(C)O1.CCCCCCCCCCCCCCCCCCCOC(=O)O.Cc1nc(F)nc(N)c1N=CC(C)C. The normalized spacial score (nSPS) is 17.1. The molecule has 270 valence electrons. The van der Waals surface area contributed by atoms with Crippen LogP contribution in [0.1, 0.15) is 155 Å². The van der Waals surface area contributed by atoms with Crippen LogP contribution < -0.4 is 5.73 Å². The van der Waals surface area contributed by atoms with Gasteiger partial charge in [-0.25, -0.2) is 9.78 Å². The standard InChI is InChI=1S/C20H40O3.C9H13FN4.C8H12O2/c1-2-3-4-5-6-7-8-9-10-11-12-13-14-15-16-17-18-19-23-20(21)22;1-5(2)4-12-7-6(3)13-9(10)14-8(7)11;1-3-8(6-9)5-4-7(2)10-8/h2-19H2,1H3,(H,21,22);4-5H,1-3H3,(H2,11,13,14);1,7,9H,4-6H2,2H3. The summed E-state index contributed by atoms with van der Waals surface area (Å²) in [5, 5.41) is 17.2. The Labute approximate surface area is 284 Å². The maximum Gasteiger partial charge on any atom is 0.505 e.